The lowest BCUT2D eigenvalue weighted by molar-refractivity contribution is 0.170. The Balaban J connectivity index is 2.28. The molecule has 1 aromatic carbocycles. The van der Waals surface area contributed by atoms with Gasteiger partial charge in [-0.3, -0.25) is 4.98 Å². The first-order chi connectivity index (χ1) is 10.2. The average molecular weight is 285 g/mol. The molecule has 0 amide bonds. The second-order valence-corrected chi connectivity index (χ2v) is 4.65. The van der Waals surface area contributed by atoms with Gasteiger partial charge in [0.2, 0.25) is 0 Å². The van der Waals surface area contributed by atoms with Crippen molar-refractivity contribution in [3.05, 3.63) is 59.7 Å². The van der Waals surface area contributed by atoms with Crippen molar-refractivity contribution in [2.24, 2.45) is 5.73 Å². The number of ether oxygens (including phenoxy) is 1. The van der Waals surface area contributed by atoms with Gasteiger partial charge in [0.15, 0.2) is 0 Å². The summed E-state index contributed by atoms with van der Waals surface area (Å²) >= 11 is 0. The van der Waals surface area contributed by atoms with E-state index in [2.05, 4.69) is 4.98 Å². The number of hydrogen-bond donors (Lipinski definition) is 1. The summed E-state index contributed by atoms with van der Waals surface area (Å²) in [6, 6.07) is 9.35. The molecule has 0 saturated carbocycles. The highest BCUT2D eigenvalue weighted by atomic mass is 19.1. The normalized spacial score (nSPS) is 13.2. The van der Waals surface area contributed by atoms with Crippen LogP contribution in [0.15, 0.2) is 42.7 Å². The summed E-state index contributed by atoms with van der Waals surface area (Å²) in [7, 11) is 0. The van der Waals surface area contributed by atoms with Crippen molar-refractivity contribution in [1.29, 1.82) is 5.26 Å². The number of hydrogen-bond acceptors (Lipinski definition) is 4. The van der Waals surface area contributed by atoms with E-state index in [0.29, 0.717) is 12.2 Å². The van der Waals surface area contributed by atoms with Crippen molar-refractivity contribution in [2.75, 3.05) is 0 Å². The lowest BCUT2D eigenvalue weighted by Crippen LogP contribution is -2.31. The third-order valence-corrected chi connectivity index (χ3v) is 3.20. The Kier molecular flexibility index (Phi) is 4.85. The van der Waals surface area contributed by atoms with E-state index < -0.39 is 11.9 Å². The molecule has 2 rings (SSSR count). The molecule has 4 nitrogen and oxygen atoms in total. The summed E-state index contributed by atoms with van der Waals surface area (Å²) < 4.78 is 19.5. The molecule has 21 heavy (non-hydrogen) atoms. The van der Waals surface area contributed by atoms with Crippen LogP contribution in [0, 0.1) is 17.1 Å². The first-order valence-electron chi connectivity index (χ1n) is 6.67. The Morgan fingerprint density at radius 1 is 1.43 bits per heavy atom. The molecule has 0 saturated heterocycles. The molecule has 0 bridgehead atoms. The molecule has 0 fully saturated rings. The summed E-state index contributed by atoms with van der Waals surface area (Å²) in [5.74, 6) is -0.269. The number of aromatic nitrogens is 1. The molecule has 0 radical (unpaired) electrons. The lowest BCUT2D eigenvalue weighted by Gasteiger charge is -2.24. The molecular formula is C16H16FN3O. The van der Waals surface area contributed by atoms with Crippen LogP contribution >= 0.6 is 0 Å². The standard InChI is InChI=1S/C16H16FN3O/c1-2-15(19)16(12-4-3-7-20-10-12)21-13-6-5-11(9-18)14(17)8-13/h3-8,10,15-16H,2,19H2,1H3. The van der Waals surface area contributed by atoms with E-state index in [0.717, 1.165) is 5.56 Å². The van der Waals surface area contributed by atoms with Crippen molar-refractivity contribution in [1.82, 2.24) is 4.98 Å². The van der Waals surface area contributed by atoms with Gasteiger partial charge >= 0.3 is 0 Å². The fraction of sp³-hybridized carbons (Fsp3) is 0.250. The number of rotatable bonds is 5. The summed E-state index contributed by atoms with van der Waals surface area (Å²) in [4.78, 5) is 4.06. The highest BCUT2D eigenvalue weighted by Gasteiger charge is 2.21. The van der Waals surface area contributed by atoms with Gasteiger partial charge in [0.1, 0.15) is 23.7 Å². The van der Waals surface area contributed by atoms with Gasteiger partial charge in [-0.05, 0) is 24.6 Å². The van der Waals surface area contributed by atoms with E-state index in [1.807, 2.05) is 13.0 Å². The van der Waals surface area contributed by atoms with Gasteiger partial charge in [-0.25, -0.2) is 4.39 Å². The van der Waals surface area contributed by atoms with E-state index >= 15 is 0 Å². The number of benzene rings is 1. The lowest BCUT2D eigenvalue weighted by atomic mass is 10.0. The van der Waals surface area contributed by atoms with E-state index in [-0.39, 0.29) is 11.6 Å². The van der Waals surface area contributed by atoms with Gasteiger partial charge in [-0.2, -0.15) is 5.26 Å². The molecule has 108 valence electrons. The van der Waals surface area contributed by atoms with Gasteiger partial charge in [0, 0.05) is 30.1 Å². The molecule has 0 aliphatic rings. The van der Waals surface area contributed by atoms with Gasteiger partial charge < -0.3 is 10.5 Å². The fourth-order valence-electron chi connectivity index (χ4n) is 1.97. The van der Waals surface area contributed by atoms with Crippen LogP contribution in [0.1, 0.15) is 30.6 Å². The summed E-state index contributed by atoms with van der Waals surface area (Å²) in [5, 5.41) is 8.74. The van der Waals surface area contributed by atoms with Crippen LogP contribution in [0.3, 0.4) is 0 Å². The largest absolute Gasteiger partial charge is 0.484 e. The van der Waals surface area contributed by atoms with Crippen LogP contribution in [0.5, 0.6) is 5.75 Å². The molecule has 0 aliphatic heterocycles. The van der Waals surface area contributed by atoms with Crippen LogP contribution in [-0.4, -0.2) is 11.0 Å². The molecule has 5 heteroatoms. The minimum atomic E-state index is -0.606. The average Bonchev–Trinajstić information content (AvgIpc) is 2.53. The zero-order chi connectivity index (χ0) is 15.2. The zero-order valence-electron chi connectivity index (χ0n) is 11.7. The third kappa shape index (κ3) is 3.56. The van der Waals surface area contributed by atoms with E-state index in [9.17, 15) is 4.39 Å². The minimum Gasteiger partial charge on any atom is -0.484 e. The Hall–Kier alpha value is -2.45. The molecule has 2 unspecified atom stereocenters. The number of nitrogens with two attached hydrogens (primary N) is 1. The summed E-state index contributed by atoms with van der Waals surface area (Å²) in [6.07, 6.45) is 3.63. The van der Waals surface area contributed by atoms with Gasteiger partial charge in [-0.15, -0.1) is 0 Å². The maximum atomic E-state index is 13.6. The SMILES string of the molecule is CCC(N)C(Oc1ccc(C#N)c(F)c1)c1cccnc1. The van der Waals surface area contributed by atoms with Crippen LogP contribution < -0.4 is 10.5 Å². The van der Waals surface area contributed by atoms with Crippen LogP contribution in [0.25, 0.3) is 0 Å². The van der Waals surface area contributed by atoms with Gasteiger partial charge in [0.25, 0.3) is 0 Å². The maximum Gasteiger partial charge on any atom is 0.144 e. The molecule has 0 spiro atoms. The van der Waals surface area contributed by atoms with Crippen molar-refractivity contribution in [2.45, 2.75) is 25.5 Å². The molecule has 0 aliphatic carbocycles. The molecule has 2 aromatic rings. The molecule has 2 N–H and O–H groups in total. The van der Waals surface area contributed by atoms with Crippen LogP contribution in [0.2, 0.25) is 0 Å². The molecular weight excluding hydrogens is 269 g/mol. The first-order valence-corrected chi connectivity index (χ1v) is 6.67. The number of nitriles is 1. The minimum absolute atomic E-state index is 0.0138. The Bertz CT molecular complexity index is 640. The second-order valence-electron chi connectivity index (χ2n) is 4.65. The predicted molar refractivity (Wildman–Crippen MR) is 77.0 cm³/mol. The topological polar surface area (TPSA) is 71.9 Å². The van der Waals surface area contributed by atoms with Crippen molar-refractivity contribution < 1.29 is 9.13 Å². The molecule has 2 atom stereocenters. The van der Waals surface area contributed by atoms with Gasteiger partial charge in [-0.1, -0.05) is 13.0 Å². The monoisotopic (exact) mass is 285 g/mol. The fourth-order valence-corrected chi connectivity index (χ4v) is 1.97. The van der Waals surface area contributed by atoms with Crippen molar-refractivity contribution in [3.63, 3.8) is 0 Å². The highest BCUT2D eigenvalue weighted by Crippen LogP contribution is 2.26. The maximum absolute atomic E-state index is 13.6. The first kappa shape index (κ1) is 14.9. The zero-order valence-corrected chi connectivity index (χ0v) is 11.7. The smallest absolute Gasteiger partial charge is 0.144 e. The number of nitrogens with zero attached hydrogens (tertiary/aromatic N) is 2. The quantitative estimate of drug-likeness (QED) is 0.916. The Morgan fingerprint density at radius 3 is 2.81 bits per heavy atom. The Labute approximate surface area is 123 Å². The van der Waals surface area contributed by atoms with Crippen molar-refractivity contribution in [3.8, 4) is 11.8 Å². The number of pyridine rings is 1. The molecule has 1 heterocycles. The van der Waals surface area contributed by atoms with Crippen molar-refractivity contribution >= 4 is 0 Å². The van der Waals surface area contributed by atoms with E-state index in [1.165, 1.54) is 12.1 Å². The summed E-state index contributed by atoms with van der Waals surface area (Å²) in [6.45, 7) is 1.96. The predicted octanol–water partition coefficient (Wildman–Crippen LogP) is 2.95. The summed E-state index contributed by atoms with van der Waals surface area (Å²) in [5.41, 5.74) is 6.91. The van der Waals surface area contributed by atoms with E-state index in [1.54, 1.807) is 30.6 Å². The number of halogens is 1. The molecule has 1 aromatic heterocycles. The van der Waals surface area contributed by atoms with Crippen LogP contribution in [0.4, 0.5) is 4.39 Å². The third-order valence-electron chi connectivity index (χ3n) is 3.20. The highest BCUT2D eigenvalue weighted by molar-refractivity contribution is 5.36. The van der Waals surface area contributed by atoms with Gasteiger partial charge in [0.05, 0.1) is 5.56 Å². The van der Waals surface area contributed by atoms with Crippen LogP contribution in [-0.2, 0) is 0 Å². The second kappa shape index (κ2) is 6.82. The Morgan fingerprint density at radius 2 is 2.24 bits per heavy atom. The van der Waals surface area contributed by atoms with E-state index in [4.69, 9.17) is 15.7 Å².